The minimum atomic E-state index is -1.16. The van der Waals surface area contributed by atoms with Gasteiger partial charge in [0.25, 0.3) is 0 Å². The fourth-order valence-corrected chi connectivity index (χ4v) is 2.39. The Labute approximate surface area is 157 Å². The summed E-state index contributed by atoms with van der Waals surface area (Å²) >= 11 is 7.99. The SMILES string of the molecule is CC(C)CC(NC(=O)C(CS)NC(=O)C(CS)NC(=O)CN)C(=O)O. The van der Waals surface area contributed by atoms with Gasteiger partial charge in [0.15, 0.2) is 0 Å². The van der Waals surface area contributed by atoms with E-state index in [2.05, 4.69) is 41.2 Å². The molecule has 0 aromatic heterocycles. The van der Waals surface area contributed by atoms with Crippen molar-refractivity contribution in [2.75, 3.05) is 18.1 Å². The summed E-state index contributed by atoms with van der Waals surface area (Å²) in [5, 5.41) is 16.3. The normalized spacial score (nSPS) is 14.3. The van der Waals surface area contributed by atoms with E-state index in [-0.39, 0.29) is 30.4 Å². The van der Waals surface area contributed by atoms with E-state index in [9.17, 15) is 19.2 Å². The van der Waals surface area contributed by atoms with Crippen molar-refractivity contribution in [2.24, 2.45) is 11.7 Å². The number of nitrogens with one attached hydrogen (secondary N) is 3. The maximum absolute atomic E-state index is 12.2. The largest absolute Gasteiger partial charge is 0.480 e. The molecule has 144 valence electrons. The van der Waals surface area contributed by atoms with Crippen molar-refractivity contribution in [3.8, 4) is 0 Å². The zero-order valence-electron chi connectivity index (χ0n) is 14.2. The van der Waals surface area contributed by atoms with Gasteiger partial charge < -0.3 is 26.8 Å². The van der Waals surface area contributed by atoms with Crippen molar-refractivity contribution in [1.82, 2.24) is 16.0 Å². The summed E-state index contributed by atoms with van der Waals surface area (Å²) in [5.41, 5.74) is 5.17. The van der Waals surface area contributed by atoms with Gasteiger partial charge in [-0.25, -0.2) is 4.79 Å². The monoisotopic (exact) mass is 394 g/mol. The van der Waals surface area contributed by atoms with E-state index >= 15 is 0 Å². The number of carboxylic acids is 1. The van der Waals surface area contributed by atoms with Crippen LogP contribution in [-0.4, -0.2) is 65.0 Å². The van der Waals surface area contributed by atoms with Crippen LogP contribution in [0.3, 0.4) is 0 Å². The van der Waals surface area contributed by atoms with Crippen molar-refractivity contribution in [3.63, 3.8) is 0 Å². The number of carboxylic acid groups (broad SMARTS) is 1. The van der Waals surface area contributed by atoms with Crippen LogP contribution in [-0.2, 0) is 19.2 Å². The van der Waals surface area contributed by atoms with Crippen molar-refractivity contribution in [3.05, 3.63) is 0 Å². The van der Waals surface area contributed by atoms with Crippen LogP contribution in [0.2, 0.25) is 0 Å². The number of thiol groups is 2. The number of nitrogens with two attached hydrogens (primary N) is 1. The lowest BCUT2D eigenvalue weighted by Crippen LogP contribution is -2.57. The zero-order chi connectivity index (χ0) is 19.6. The highest BCUT2D eigenvalue weighted by molar-refractivity contribution is 7.80. The van der Waals surface area contributed by atoms with E-state index in [0.29, 0.717) is 0 Å². The number of carbonyl (C=O) groups is 4. The summed E-state index contributed by atoms with van der Waals surface area (Å²) in [6, 6.07) is -3.09. The Kier molecular flexibility index (Phi) is 11.3. The first-order chi connectivity index (χ1) is 11.7. The van der Waals surface area contributed by atoms with Crippen LogP contribution in [0.4, 0.5) is 0 Å². The molecule has 25 heavy (non-hydrogen) atoms. The molecular weight excluding hydrogens is 368 g/mol. The highest BCUT2D eigenvalue weighted by atomic mass is 32.1. The molecule has 0 fully saturated rings. The predicted molar refractivity (Wildman–Crippen MR) is 99.6 cm³/mol. The van der Waals surface area contributed by atoms with E-state index in [1.165, 1.54) is 0 Å². The number of hydrogen-bond donors (Lipinski definition) is 7. The molecule has 0 heterocycles. The fraction of sp³-hybridized carbons (Fsp3) is 0.714. The van der Waals surface area contributed by atoms with Gasteiger partial charge in [-0.3, -0.25) is 14.4 Å². The van der Waals surface area contributed by atoms with Gasteiger partial charge in [0.1, 0.15) is 18.1 Å². The highest BCUT2D eigenvalue weighted by Crippen LogP contribution is 2.05. The zero-order valence-corrected chi connectivity index (χ0v) is 16.0. The number of aliphatic carboxylic acids is 1. The molecule has 3 atom stereocenters. The van der Waals surface area contributed by atoms with Crippen LogP contribution < -0.4 is 21.7 Å². The summed E-state index contributed by atoms with van der Waals surface area (Å²) < 4.78 is 0. The van der Waals surface area contributed by atoms with Gasteiger partial charge in [-0.2, -0.15) is 25.3 Å². The molecule has 0 radical (unpaired) electrons. The summed E-state index contributed by atoms with van der Waals surface area (Å²) in [5.74, 6) is -2.98. The van der Waals surface area contributed by atoms with Gasteiger partial charge in [-0.1, -0.05) is 13.8 Å². The molecule has 0 aromatic carbocycles. The Bertz CT molecular complexity index is 490. The number of amides is 3. The predicted octanol–water partition coefficient (Wildman–Crippen LogP) is -1.61. The Balaban J connectivity index is 4.89. The number of rotatable bonds is 11. The molecule has 0 rings (SSSR count). The Morgan fingerprint density at radius 2 is 1.36 bits per heavy atom. The lowest BCUT2D eigenvalue weighted by molar-refractivity contribution is -0.142. The first kappa shape index (κ1) is 23.5. The van der Waals surface area contributed by atoms with E-state index in [0.717, 1.165) is 0 Å². The fourth-order valence-electron chi connectivity index (χ4n) is 1.88. The molecule has 0 aromatic rings. The second kappa shape index (κ2) is 12.0. The summed E-state index contributed by atoms with van der Waals surface area (Å²) in [6.45, 7) is 3.37. The second-order valence-electron chi connectivity index (χ2n) is 5.78. The standard InChI is InChI=1S/C14H26N4O5S2/c1-7(2)3-8(14(22)23)17-13(21)10(6-25)18-12(20)9(5-24)16-11(19)4-15/h7-10,24-25H,3-6,15H2,1-2H3,(H,16,19)(H,17,21)(H,18,20)(H,22,23). The molecule has 0 spiro atoms. The van der Waals surface area contributed by atoms with Crippen LogP contribution >= 0.6 is 25.3 Å². The Morgan fingerprint density at radius 3 is 1.72 bits per heavy atom. The second-order valence-corrected chi connectivity index (χ2v) is 6.51. The van der Waals surface area contributed by atoms with Crippen LogP contribution in [0, 0.1) is 5.92 Å². The Hall–Kier alpha value is -1.46. The van der Waals surface area contributed by atoms with Crippen molar-refractivity contribution >= 4 is 48.9 Å². The van der Waals surface area contributed by atoms with Crippen molar-refractivity contribution < 1.29 is 24.3 Å². The molecule has 11 heteroatoms. The Morgan fingerprint density at radius 1 is 0.920 bits per heavy atom. The molecule has 0 aliphatic heterocycles. The molecule has 0 saturated heterocycles. The highest BCUT2D eigenvalue weighted by Gasteiger charge is 2.28. The van der Waals surface area contributed by atoms with E-state index < -0.39 is 41.8 Å². The maximum Gasteiger partial charge on any atom is 0.326 e. The quantitative estimate of drug-likeness (QED) is 0.210. The summed E-state index contributed by atoms with van der Waals surface area (Å²) in [7, 11) is 0. The van der Waals surface area contributed by atoms with E-state index in [4.69, 9.17) is 10.8 Å². The van der Waals surface area contributed by atoms with Crippen LogP contribution in [0.5, 0.6) is 0 Å². The minimum Gasteiger partial charge on any atom is -0.480 e. The van der Waals surface area contributed by atoms with Gasteiger partial charge in [-0.15, -0.1) is 0 Å². The molecule has 0 aliphatic carbocycles. The first-order valence-electron chi connectivity index (χ1n) is 7.70. The molecular formula is C14H26N4O5S2. The number of carbonyl (C=O) groups excluding carboxylic acids is 3. The molecule has 0 saturated carbocycles. The molecule has 9 nitrogen and oxygen atoms in total. The third kappa shape index (κ3) is 8.98. The van der Waals surface area contributed by atoms with Crippen LogP contribution in [0.25, 0.3) is 0 Å². The van der Waals surface area contributed by atoms with E-state index in [1.807, 2.05) is 13.8 Å². The first-order valence-corrected chi connectivity index (χ1v) is 8.97. The van der Waals surface area contributed by atoms with Crippen LogP contribution in [0.15, 0.2) is 0 Å². The van der Waals surface area contributed by atoms with Crippen LogP contribution in [0.1, 0.15) is 20.3 Å². The van der Waals surface area contributed by atoms with Crippen molar-refractivity contribution in [2.45, 2.75) is 38.4 Å². The summed E-state index contributed by atoms with van der Waals surface area (Å²) in [6.07, 6.45) is 0.250. The third-order valence-electron chi connectivity index (χ3n) is 3.16. The van der Waals surface area contributed by atoms with Crippen molar-refractivity contribution in [1.29, 1.82) is 0 Å². The van der Waals surface area contributed by atoms with E-state index in [1.54, 1.807) is 0 Å². The maximum atomic E-state index is 12.2. The molecule has 0 aliphatic rings. The topological polar surface area (TPSA) is 151 Å². The molecule has 0 bridgehead atoms. The average Bonchev–Trinajstić information content (AvgIpc) is 2.55. The smallest absolute Gasteiger partial charge is 0.326 e. The third-order valence-corrected chi connectivity index (χ3v) is 3.89. The molecule has 6 N–H and O–H groups in total. The number of hydrogen-bond acceptors (Lipinski definition) is 7. The van der Waals surface area contributed by atoms with Gasteiger partial charge in [-0.05, 0) is 12.3 Å². The summed E-state index contributed by atoms with van der Waals surface area (Å²) in [4.78, 5) is 46.9. The van der Waals surface area contributed by atoms with Gasteiger partial charge >= 0.3 is 5.97 Å². The minimum absolute atomic E-state index is 0.00356. The lowest BCUT2D eigenvalue weighted by atomic mass is 10.0. The van der Waals surface area contributed by atoms with Gasteiger partial charge in [0.2, 0.25) is 17.7 Å². The molecule has 3 unspecified atom stereocenters. The van der Waals surface area contributed by atoms with Gasteiger partial charge in [0.05, 0.1) is 6.54 Å². The average molecular weight is 395 g/mol. The lowest BCUT2D eigenvalue weighted by Gasteiger charge is -2.23. The molecule has 3 amide bonds. The van der Waals surface area contributed by atoms with Gasteiger partial charge in [0, 0.05) is 11.5 Å².